The molecule has 1 aromatic carbocycles. The number of aryl methyl sites for hydroxylation is 1. The van der Waals surface area contributed by atoms with E-state index >= 15 is 0 Å². The first-order chi connectivity index (χ1) is 12.9. The van der Waals surface area contributed by atoms with Gasteiger partial charge in [-0.2, -0.15) is 0 Å². The van der Waals surface area contributed by atoms with E-state index in [2.05, 4.69) is 15.3 Å². The highest BCUT2D eigenvalue weighted by Gasteiger charge is 2.20. The molecule has 1 fully saturated rings. The maximum atomic E-state index is 12.4. The minimum atomic E-state index is -0.339. The number of ketones is 1. The Balaban J connectivity index is 1.53. The first kappa shape index (κ1) is 19.0. The molecule has 3 rings (SSSR count). The molecule has 27 heavy (non-hydrogen) atoms. The molecule has 142 valence electrons. The first-order valence-corrected chi connectivity index (χ1v) is 9.18. The predicted molar refractivity (Wildman–Crippen MR) is 105 cm³/mol. The van der Waals surface area contributed by atoms with Gasteiger partial charge in [0, 0.05) is 17.8 Å². The number of carbonyl (C=O) groups excluding carboxylic acids is 1. The van der Waals surface area contributed by atoms with Gasteiger partial charge < -0.3 is 21.9 Å². The zero-order chi connectivity index (χ0) is 19.4. The van der Waals surface area contributed by atoms with Crippen molar-refractivity contribution in [1.82, 2.24) is 15.3 Å². The largest absolute Gasteiger partial charge is 0.508 e. The molecule has 0 spiro atoms. The van der Waals surface area contributed by atoms with E-state index in [0.29, 0.717) is 6.04 Å². The maximum absolute atomic E-state index is 12.4. The summed E-state index contributed by atoms with van der Waals surface area (Å²) in [6.45, 7) is 0. The monoisotopic (exact) mass is 387 g/mol. The smallest absolute Gasteiger partial charge is 0.209 e. The summed E-state index contributed by atoms with van der Waals surface area (Å²) in [5, 5.41) is 12.7. The van der Waals surface area contributed by atoms with E-state index in [-0.39, 0.29) is 34.0 Å². The van der Waals surface area contributed by atoms with Crippen molar-refractivity contribution >= 4 is 29.0 Å². The van der Waals surface area contributed by atoms with Gasteiger partial charge in [0.15, 0.2) is 22.5 Å². The van der Waals surface area contributed by atoms with Gasteiger partial charge in [-0.1, -0.05) is 23.7 Å². The summed E-state index contributed by atoms with van der Waals surface area (Å²) in [5.74, 6) is -0.0780. The van der Waals surface area contributed by atoms with E-state index in [9.17, 15) is 9.90 Å². The molecule has 0 saturated carbocycles. The van der Waals surface area contributed by atoms with Crippen molar-refractivity contribution < 1.29 is 9.90 Å². The highest BCUT2D eigenvalue weighted by molar-refractivity contribution is 6.31. The average Bonchev–Trinajstić information content (AvgIpc) is 3.07. The zero-order valence-electron chi connectivity index (χ0n) is 14.8. The topological polar surface area (TPSA) is 127 Å². The molecule has 0 bridgehead atoms. The van der Waals surface area contributed by atoms with Crippen LogP contribution in [-0.4, -0.2) is 26.9 Å². The second-order valence-electron chi connectivity index (χ2n) is 6.61. The van der Waals surface area contributed by atoms with Crippen molar-refractivity contribution in [2.45, 2.75) is 38.1 Å². The SMILES string of the molecule is Nc1nc(N)c(C(=O)/C=C2\CC[C@H](CCCc3ccc(O)cc3)N2)nc1Cl. The van der Waals surface area contributed by atoms with Crippen LogP contribution in [0.5, 0.6) is 5.75 Å². The molecule has 7 nitrogen and oxygen atoms in total. The number of nitrogens with two attached hydrogens (primary N) is 2. The molecule has 1 saturated heterocycles. The Labute approximate surface area is 162 Å². The summed E-state index contributed by atoms with van der Waals surface area (Å²) < 4.78 is 0. The fourth-order valence-electron chi connectivity index (χ4n) is 3.13. The van der Waals surface area contributed by atoms with E-state index in [1.165, 1.54) is 11.6 Å². The van der Waals surface area contributed by atoms with E-state index in [1.54, 1.807) is 12.1 Å². The van der Waals surface area contributed by atoms with Crippen molar-refractivity contribution in [3.63, 3.8) is 0 Å². The Kier molecular flexibility index (Phi) is 5.81. The Hall–Kier alpha value is -2.80. The number of phenolic OH excluding ortho intramolecular Hbond substituents is 1. The van der Waals surface area contributed by atoms with Gasteiger partial charge in [-0.3, -0.25) is 4.79 Å². The van der Waals surface area contributed by atoms with Crippen molar-refractivity contribution in [2.75, 3.05) is 11.5 Å². The molecule has 6 N–H and O–H groups in total. The molecule has 1 aliphatic heterocycles. The Morgan fingerprint density at radius 1 is 1.26 bits per heavy atom. The average molecular weight is 388 g/mol. The fourth-order valence-corrected chi connectivity index (χ4v) is 3.26. The standard InChI is InChI=1S/C19H22ClN5O2/c20-17-19(22)25-18(21)16(24-17)15(27)10-13-7-6-12(23-13)3-1-2-11-4-8-14(26)9-5-11/h4-5,8-10,12,23,26H,1-3,6-7H2,(H4,21,22,25)/b13-10+/t12-/m0/s1. The van der Waals surface area contributed by atoms with Gasteiger partial charge in [-0.25, -0.2) is 9.97 Å². The molecule has 1 aliphatic rings. The van der Waals surface area contributed by atoms with Gasteiger partial charge >= 0.3 is 0 Å². The van der Waals surface area contributed by atoms with Crippen LogP contribution in [0.3, 0.4) is 0 Å². The van der Waals surface area contributed by atoms with Crippen LogP contribution in [0.15, 0.2) is 36.0 Å². The number of anilines is 2. The number of halogens is 1. The van der Waals surface area contributed by atoms with Crippen LogP contribution >= 0.6 is 11.6 Å². The molecule has 0 amide bonds. The highest BCUT2D eigenvalue weighted by atomic mass is 35.5. The molecule has 1 aromatic heterocycles. The van der Waals surface area contributed by atoms with Gasteiger partial charge in [-0.15, -0.1) is 0 Å². The van der Waals surface area contributed by atoms with Crippen LogP contribution in [0.2, 0.25) is 5.15 Å². The van der Waals surface area contributed by atoms with Crippen molar-refractivity contribution in [3.8, 4) is 5.75 Å². The number of nitrogens with zero attached hydrogens (tertiary/aromatic N) is 2. The molecular weight excluding hydrogens is 366 g/mol. The molecule has 0 aliphatic carbocycles. The van der Waals surface area contributed by atoms with Crippen molar-refractivity contribution in [3.05, 3.63) is 52.4 Å². The highest BCUT2D eigenvalue weighted by Crippen LogP contribution is 2.23. The summed E-state index contributed by atoms with van der Waals surface area (Å²) in [7, 11) is 0. The van der Waals surface area contributed by atoms with E-state index in [4.69, 9.17) is 23.1 Å². The van der Waals surface area contributed by atoms with E-state index in [1.807, 2.05) is 12.1 Å². The molecular formula is C19H22ClN5O2. The number of hydrogen-bond donors (Lipinski definition) is 4. The van der Waals surface area contributed by atoms with Gasteiger partial charge in [-0.05, 0) is 49.8 Å². The zero-order valence-corrected chi connectivity index (χ0v) is 15.5. The quantitative estimate of drug-likeness (QED) is 0.443. The third-order valence-electron chi connectivity index (χ3n) is 4.55. The lowest BCUT2D eigenvalue weighted by Crippen LogP contribution is -2.21. The minimum absolute atomic E-state index is 0.00561. The van der Waals surface area contributed by atoms with Gasteiger partial charge in [0.25, 0.3) is 0 Å². The van der Waals surface area contributed by atoms with Crippen LogP contribution in [0, 0.1) is 0 Å². The Bertz CT molecular complexity index is 867. The Morgan fingerprint density at radius 2 is 2.00 bits per heavy atom. The van der Waals surface area contributed by atoms with Gasteiger partial charge in [0.05, 0.1) is 0 Å². The lowest BCUT2D eigenvalue weighted by atomic mass is 10.0. The second-order valence-corrected chi connectivity index (χ2v) is 6.96. The minimum Gasteiger partial charge on any atom is -0.508 e. The molecule has 2 aromatic rings. The number of aromatic nitrogens is 2. The van der Waals surface area contributed by atoms with E-state index in [0.717, 1.165) is 37.8 Å². The maximum Gasteiger partial charge on any atom is 0.209 e. The number of rotatable bonds is 6. The fraction of sp³-hybridized carbons (Fsp3) is 0.316. The first-order valence-electron chi connectivity index (χ1n) is 8.80. The summed E-state index contributed by atoms with van der Waals surface area (Å²) in [6, 6.07) is 7.61. The number of nitrogen functional groups attached to an aromatic ring is 2. The number of carbonyl (C=O) groups is 1. The van der Waals surface area contributed by atoms with Crippen LogP contribution in [0.25, 0.3) is 0 Å². The summed E-state index contributed by atoms with van der Waals surface area (Å²) in [5.41, 5.74) is 13.3. The van der Waals surface area contributed by atoms with Gasteiger partial charge in [0.2, 0.25) is 5.78 Å². The lowest BCUT2D eigenvalue weighted by molar-refractivity contribution is 0.104. The molecule has 0 radical (unpaired) electrons. The Morgan fingerprint density at radius 3 is 2.74 bits per heavy atom. The van der Waals surface area contributed by atoms with Crippen LogP contribution < -0.4 is 16.8 Å². The van der Waals surface area contributed by atoms with Crippen LogP contribution in [0.1, 0.15) is 41.7 Å². The number of hydrogen-bond acceptors (Lipinski definition) is 7. The number of nitrogens with one attached hydrogen (secondary N) is 1. The lowest BCUT2D eigenvalue weighted by Gasteiger charge is -2.11. The molecule has 1 atom stereocenters. The number of benzene rings is 1. The number of allylic oxidation sites excluding steroid dienone is 2. The number of phenols is 1. The normalized spacial score (nSPS) is 17.8. The predicted octanol–water partition coefficient (Wildman–Crippen LogP) is 2.84. The van der Waals surface area contributed by atoms with Crippen molar-refractivity contribution in [2.24, 2.45) is 0 Å². The van der Waals surface area contributed by atoms with Gasteiger partial charge in [0.1, 0.15) is 5.75 Å². The number of aromatic hydroxyl groups is 1. The third kappa shape index (κ3) is 4.89. The van der Waals surface area contributed by atoms with Crippen LogP contribution in [-0.2, 0) is 6.42 Å². The molecule has 0 unspecified atom stereocenters. The summed E-state index contributed by atoms with van der Waals surface area (Å²) in [6.07, 6.45) is 6.25. The summed E-state index contributed by atoms with van der Waals surface area (Å²) in [4.78, 5) is 20.2. The molecule has 2 heterocycles. The van der Waals surface area contributed by atoms with Crippen LogP contribution in [0.4, 0.5) is 11.6 Å². The van der Waals surface area contributed by atoms with Crippen molar-refractivity contribution in [1.29, 1.82) is 0 Å². The molecule has 8 heteroatoms. The third-order valence-corrected chi connectivity index (χ3v) is 4.83. The second kappa shape index (κ2) is 8.26. The summed E-state index contributed by atoms with van der Waals surface area (Å²) >= 11 is 5.83. The van der Waals surface area contributed by atoms with E-state index < -0.39 is 0 Å².